The Morgan fingerprint density at radius 2 is 1.68 bits per heavy atom. The van der Waals surface area contributed by atoms with Gasteiger partial charge >= 0.3 is 5.97 Å². The van der Waals surface area contributed by atoms with Gasteiger partial charge in [0.15, 0.2) is 0 Å². The molecule has 0 aliphatic heterocycles. The minimum absolute atomic E-state index is 0.703. The van der Waals surface area contributed by atoms with Gasteiger partial charge in [-0.15, -0.1) is 0 Å². The third-order valence-electron chi connectivity index (χ3n) is 3.10. The molecule has 0 spiro atoms. The number of aliphatic carboxylic acids is 1. The third kappa shape index (κ3) is 3.24. The molecule has 1 unspecified atom stereocenters. The molecule has 6 nitrogen and oxygen atoms in total. The van der Waals surface area contributed by atoms with Gasteiger partial charge in [-0.05, 0) is 31.2 Å². The Balaban J connectivity index is 0.000000254. The van der Waals surface area contributed by atoms with E-state index >= 15 is 0 Å². The van der Waals surface area contributed by atoms with Gasteiger partial charge < -0.3 is 21.7 Å². The summed E-state index contributed by atoms with van der Waals surface area (Å²) in [7, 11) is 0. The Hall–Kier alpha value is -2.86. The molecule has 6 heteroatoms. The zero-order valence-corrected chi connectivity index (χ0v) is 12.0. The highest BCUT2D eigenvalue weighted by atomic mass is 16.4. The minimum atomic E-state index is -1.23. The van der Waals surface area contributed by atoms with Gasteiger partial charge in [0.1, 0.15) is 6.10 Å². The van der Waals surface area contributed by atoms with Crippen molar-refractivity contribution >= 4 is 39.1 Å². The fraction of sp³-hybridized carbons (Fsp3) is 0.125. The molecule has 0 saturated carbocycles. The van der Waals surface area contributed by atoms with E-state index in [-0.39, 0.29) is 0 Å². The lowest BCUT2D eigenvalue weighted by Crippen LogP contribution is -2.13. The molecule has 0 amide bonds. The summed E-state index contributed by atoms with van der Waals surface area (Å²) < 4.78 is 0. The van der Waals surface area contributed by atoms with Gasteiger partial charge in [0, 0.05) is 16.5 Å². The number of fused-ring (bicyclic) bond motifs is 2. The number of para-hydroxylation sites is 1. The Bertz CT molecular complexity index is 831. The number of hydrogen-bond acceptors (Lipinski definition) is 5. The summed E-state index contributed by atoms with van der Waals surface area (Å²) in [6.07, 6.45) is -1.23. The lowest BCUT2D eigenvalue weighted by Gasteiger charge is -2.06. The maximum absolute atomic E-state index is 9.45. The molecule has 1 atom stereocenters. The first-order valence-electron chi connectivity index (χ1n) is 6.64. The fourth-order valence-electron chi connectivity index (χ4n) is 1.94. The lowest BCUT2D eigenvalue weighted by atomic mass is 10.1. The number of nitrogens with two attached hydrogens (primary N) is 2. The standard InChI is InChI=1S/C13H11N3.C3H6O3/c14-8-5-6-10-12(7-8)16-11-4-2-1-3-9(11)13(10)15;1-2(4)3(5)6/h1-7H,14H2,(H2,15,16);2,4H,1H3,(H,5,6). The molecule has 2 aromatic carbocycles. The maximum atomic E-state index is 9.45. The zero-order chi connectivity index (χ0) is 16.3. The van der Waals surface area contributed by atoms with Crippen LogP contribution in [0.3, 0.4) is 0 Å². The fourth-order valence-corrected chi connectivity index (χ4v) is 1.94. The van der Waals surface area contributed by atoms with Gasteiger partial charge in [0.05, 0.1) is 16.7 Å². The van der Waals surface area contributed by atoms with E-state index in [0.29, 0.717) is 5.69 Å². The first-order valence-corrected chi connectivity index (χ1v) is 6.64. The smallest absolute Gasteiger partial charge is 0.332 e. The second-order valence-corrected chi connectivity index (χ2v) is 4.83. The molecule has 0 saturated heterocycles. The average molecular weight is 299 g/mol. The number of carboxylic acid groups (broad SMARTS) is 1. The van der Waals surface area contributed by atoms with Gasteiger partial charge in [0.25, 0.3) is 0 Å². The van der Waals surface area contributed by atoms with Crippen LogP contribution in [0.25, 0.3) is 21.8 Å². The van der Waals surface area contributed by atoms with E-state index in [1.165, 1.54) is 6.92 Å². The predicted octanol–water partition coefficient (Wildman–Crippen LogP) is 2.00. The van der Waals surface area contributed by atoms with Crippen molar-refractivity contribution in [2.24, 2.45) is 0 Å². The number of nitrogens with zero attached hydrogens (tertiary/aromatic N) is 1. The first-order chi connectivity index (χ1) is 10.4. The molecule has 0 aliphatic carbocycles. The molecule has 0 radical (unpaired) electrons. The monoisotopic (exact) mass is 299 g/mol. The first kappa shape index (κ1) is 15.5. The van der Waals surface area contributed by atoms with E-state index in [0.717, 1.165) is 27.5 Å². The number of carboxylic acids is 1. The molecule has 0 bridgehead atoms. The van der Waals surface area contributed by atoms with Crippen molar-refractivity contribution in [2.75, 3.05) is 11.5 Å². The van der Waals surface area contributed by atoms with Crippen molar-refractivity contribution in [1.29, 1.82) is 0 Å². The number of nitrogen functional groups attached to an aromatic ring is 2. The number of aromatic nitrogens is 1. The topological polar surface area (TPSA) is 122 Å². The number of rotatable bonds is 1. The molecule has 6 N–H and O–H groups in total. The molecule has 3 aromatic rings. The van der Waals surface area contributed by atoms with E-state index in [4.69, 9.17) is 21.7 Å². The second kappa shape index (κ2) is 6.28. The van der Waals surface area contributed by atoms with Crippen LogP contribution in [-0.2, 0) is 4.79 Å². The summed E-state index contributed by atoms with van der Waals surface area (Å²) in [5.74, 6) is -1.19. The normalized spacial score (nSPS) is 11.7. The molecule has 0 fully saturated rings. The largest absolute Gasteiger partial charge is 0.479 e. The summed E-state index contributed by atoms with van der Waals surface area (Å²) in [5, 5.41) is 17.7. The highest BCUT2D eigenvalue weighted by Gasteiger charge is 2.05. The highest BCUT2D eigenvalue weighted by Crippen LogP contribution is 2.28. The van der Waals surface area contributed by atoms with Crippen LogP contribution in [0.5, 0.6) is 0 Å². The number of benzene rings is 2. The summed E-state index contributed by atoms with van der Waals surface area (Å²) in [6, 6.07) is 13.4. The summed E-state index contributed by atoms with van der Waals surface area (Å²) in [6.45, 7) is 1.20. The number of hydrogen-bond donors (Lipinski definition) is 4. The Morgan fingerprint density at radius 3 is 2.32 bits per heavy atom. The maximum Gasteiger partial charge on any atom is 0.332 e. The van der Waals surface area contributed by atoms with Crippen LogP contribution in [0.4, 0.5) is 11.4 Å². The highest BCUT2D eigenvalue weighted by molar-refractivity contribution is 6.06. The molecule has 1 aromatic heterocycles. The number of aliphatic hydroxyl groups is 1. The molecule has 3 rings (SSSR count). The number of carbonyl (C=O) groups is 1. The molecule has 0 aliphatic rings. The van der Waals surface area contributed by atoms with Crippen LogP contribution in [0.1, 0.15) is 6.92 Å². The van der Waals surface area contributed by atoms with Crippen molar-refractivity contribution < 1.29 is 15.0 Å². The Labute approximate surface area is 127 Å². The van der Waals surface area contributed by atoms with Crippen LogP contribution in [0.15, 0.2) is 42.5 Å². The molecular weight excluding hydrogens is 282 g/mol. The average Bonchev–Trinajstić information content (AvgIpc) is 2.47. The van der Waals surface area contributed by atoms with Crippen LogP contribution in [-0.4, -0.2) is 27.3 Å². The molecule has 114 valence electrons. The van der Waals surface area contributed by atoms with Gasteiger partial charge in [-0.3, -0.25) is 0 Å². The molecule has 22 heavy (non-hydrogen) atoms. The van der Waals surface area contributed by atoms with Gasteiger partial charge in [-0.25, -0.2) is 9.78 Å². The quantitative estimate of drug-likeness (QED) is 0.402. The summed E-state index contributed by atoms with van der Waals surface area (Å²) >= 11 is 0. The number of aliphatic hydroxyl groups excluding tert-OH is 1. The SMILES string of the molecule is CC(O)C(=O)O.Nc1ccc2c(N)c3ccccc3nc2c1. The van der Waals surface area contributed by atoms with E-state index in [9.17, 15) is 4.79 Å². The van der Waals surface area contributed by atoms with Crippen molar-refractivity contribution in [1.82, 2.24) is 4.98 Å². The van der Waals surface area contributed by atoms with Crippen molar-refractivity contribution in [3.05, 3.63) is 42.5 Å². The number of anilines is 2. The zero-order valence-electron chi connectivity index (χ0n) is 12.0. The van der Waals surface area contributed by atoms with E-state index in [1.54, 1.807) is 0 Å². The minimum Gasteiger partial charge on any atom is -0.479 e. The van der Waals surface area contributed by atoms with E-state index in [1.807, 2.05) is 42.5 Å². The van der Waals surface area contributed by atoms with Crippen molar-refractivity contribution in [2.45, 2.75) is 13.0 Å². The van der Waals surface area contributed by atoms with Crippen LogP contribution in [0.2, 0.25) is 0 Å². The van der Waals surface area contributed by atoms with Gasteiger partial charge in [-0.1, -0.05) is 18.2 Å². The lowest BCUT2D eigenvalue weighted by molar-refractivity contribution is -0.145. The van der Waals surface area contributed by atoms with Gasteiger partial charge in [-0.2, -0.15) is 0 Å². The Morgan fingerprint density at radius 1 is 1.09 bits per heavy atom. The summed E-state index contributed by atoms with van der Waals surface area (Å²) in [4.78, 5) is 14.0. The van der Waals surface area contributed by atoms with E-state index in [2.05, 4.69) is 4.98 Å². The van der Waals surface area contributed by atoms with Gasteiger partial charge in [0.2, 0.25) is 0 Å². The van der Waals surface area contributed by atoms with Crippen LogP contribution < -0.4 is 11.5 Å². The summed E-state index contributed by atoms with van der Waals surface area (Å²) in [5.41, 5.74) is 15.1. The predicted molar refractivity (Wildman–Crippen MR) is 87.4 cm³/mol. The molecular formula is C16H17N3O3. The van der Waals surface area contributed by atoms with Crippen molar-refractivity contribution in [3.63, 3.8) is 0 Å². The third-order valence-corrected chi connectivity index (χ3v) is 3.10. The van der Waals surface area contributed by atoms with Crippen LogP contribution in [0, 0.1) is 0 Å². The number of pyridine rings is 1. The molecule has 1 heterocycles. The van der Waals surface area contributed by atoms with Crippen molar-refractivity contribution in [3.8, 4) is 0 Å². The Kier molecular flexibility index (Phi) is 4.43. The van der Waals surface area contributed by atoms with E-state index < -0.39 is 12.1 Å². The second-order valence-electron chi connectivity index (χ2n) is 4.83. The van der Waals surface area contributed by atoms with Crippen LogP contribution >= 0.6 is 0 Å².